The molecule has 114 valence electrons. The minimum absolute atomic E-state index is 0.453. The van der Waals surface area contributed by atoms with E-state index in [0.29, 0.717) is 44.5 Å². The minimum atomic E-state index is 0.453. The zero-order valence-electron chi connectivity index (χ0n) is 12.0. The molecule has 1 aromatic carbocycles. The molecular formula is C14H22BrNO4. The van der Waals surface area contributed by atoms with Gasteiger partial charge in [0.15, 0.2) is 11.5 Å². The zero-order chi connectivity index (χ0) is 14.8. The van der Waals surface area contributed by atoms with Crippen molar-refractivity contribution in [1.29, 1.82) is 0 Å². The fourth-order valence-corrected chi connectivity index (χ4v) is 2.28. The lowest BCUT2D eigenvalue weighted by atomic mass is 10.1. The maximum absolute atomic E-state index is 5.70. The van der Waals surface area contributed by atoms with Crippen LogP contribution in [0.15, 0.2) is 16.6 Å². The van der Waals surface area contributed by atoms with Crippen LogP contribution in [0.25, 0.3) is 0 Å². The number of halogens is 1. The molecule has 2 N–H and O–H groups in total. The number of rotatable bonds is 10. The highest BCUT2D eigenvalue weighted by molar-refractivity contribution is 9.10. The standard InChI is InChI=1S/C14H22BrNO4/c1-17-5-6-19-7-8-20-14-12(15)9-11(3-4-16)10-13(14)18-2/h9-10H,3-8,16H2,1-2H3. The van der Waals surface area contributed by atoms with E-state index in [1.165, 1.54) is 0 Å². The van der Waals surface area contributed by atoms with Crippen LogP contribution in [0.4, 0.5) is 0 Å². The van der Waals surface area contributed by atoms with Gasteiger partial charge in [-0.1, -0.05) is 0 Å². The molecule has 0 unspecified atom stereocenters. The van der Waals surface area contributed by atoms with E-state index < -0.39 is 0 Å². The van der Waals surface area contributed by atoms with Crippen LogP contribution in [0.3, 0.4) is 0 Å². The first-order valence-electron chi connectivity index (χ1n) is 6.48. The predicted octanol–water partition coefficient (Wildman–Crippen LogP) is 2.00. The second-order valence-corrected chi connectivity index (χ2v) is 4.96. The van der Waals surface area contributed by atoms with Crippen LogP contribution in [0.5, 0.6) is 11.5 Å². The molecule has 1 rings (SSSR count). The van der Waals surface area contributed by atoms with E-state index in [1.54, 1.807) is 14.2 Å². The summed E-state index contributed by atoms with van der Waals surface area (Å²) in [6.07, 6.45) is 0.801. The lowest BCUT2D eigenvalue weighted by molar-refractivity contribution is 0.0538. The molecule has 0 aliphatic carbocycles. The zero-order valence-corrected chi connectivity index (χ0v) is 13.6. The van der Waals surface area contributed by atoms with E-state index in [2.05, 4.69) is 15.9 Å². The van der Waals surface area contributed by atoms with Crippen molar-refractivity contribution >= 4 is 15.9 Å². The smallest absolute Gasteiger partial charge is 0.175 e. The molecule has 0 aliphatic heterocycles. The van der Waals surface area contributed by atoms with Crippen molar-refractivity contribution in [3.63, 3.8) is 0 Å². The molecule has 0 saturated carbocycles. The van der Waals surface area contributed by atoms with Crippen molar-refractivity contribution in [2.45, 2.75) is 6.42 Å². The number of benzene rings is 1. The Morgan fingerprint density at radius 3 is 2.50 bits per heavy atom. The second kappa shape index (κ2) is 9.99. The SMILES string of the molecule is COCCOCCOc1c(Br)cc(CCN)cc1OC. The highest BCUT2D eigenvalue weighted by Crippen LogP contribution is 2.36. The Morgan fingerprint density at radius 1 is 1.10 bits per heavy atom. The first-order valence-corrected chi connectivity index (χ1v) is 7.28. The van der Waals surface area contributed by atoms with Crippen molar-refractivity contribution < 1.29 is 18.9 Å². The van der Waals surface area contributed by atoms with E-state index >= 15 is 0 Å². The first kappa shape index (κ1) is 17.2. The monoisotopic (exact) mass is 347 g/mol. The highest BCUT2D eigenvalue weighted by atomic mass is 79.9. The van der Waals surface area contributed by atoms with E-state index in [1.807, 2.05) is 12.1 Å². The normalized spacial score (nSPS) is 10.6. The van der Waals surface area contributed by atoms with Crippen LogP contribution in [0.1, 0.15) is 5.56 Å². The summed E-state index contributed by atoms with van der Waals surface area (Å²) in [4.78, 5) is 0. The Balaban J connectivity index is 2.55. The third-order valence-corrected chi connectivity index (χ3v) is 3.22. The molecule has 1 aromatic rings. The van der Waals surface area contributed by atoms with Gasteiger partial charge in [-0.15, -0.1) is 0 Å². The third kappa shape index (κ3) is 5.66. The maximum atomic E-state index is 5.70. The fourth-order valence-electron chi connectivity index (χ4n) is 1.67. The average Bonchev–Trinajstić information content (AvgIpc) is 2.44. The molecule has 0 radical (unpaired) electrons. The second-order valence-electron chi connectivity index (χ2n) is 4.10. The quantitative estimate of drug-likeness (QED) is 0.656. The van der Waals surface area contributed by atoms with Crippen molar-refractivity contribution in [3.05, 3.63) is 22.2 Å². The topological polar surface area (TPSA) is 62.9 Å². The van der Waals surface area contributed by atoms with Crippen molar-refractivity contribution in [3.8, 4) is 11.5 Å². The van der Waals surface area contributed by atoms with Gasteiger partial charge < -0.3 is 24.7 Å². The van der Waals surface area contributed by atoms with E-state index in [0.717, 1.165) is 16.5 Å². The van der Waals surface area contributed by atoms with Gasteiger partial charge in [-0.2, -0.15) is 0 Å². The summed E-state index contributed by atoms with van der Waals surface area (Å²) in [6, 6.07) is 3.94. The first-order chi connectivity index (χ1) is 9.72. The summed E-state index contributed by atoms with van der Waals surface area (Å²) in [5, 5.41) is 0. The molecule has 0 atom stereocenters. The van der Waals surface area contributed by atoms with Crippen LogP contribution in [0.2, 0.25) is 0 Å². The van der Waals surface area contributed by atoms with Crippen molar-refractivity contribution in [2.75, 3.05) is 47.2 Å². The largest absolute Gasteiger partial charge is 0.493 e. The molecule has 6 heteroatoms. The van der Waals surface area contributed by atoms with Gasteiger partial charge in [0.2, 0.25) is 0 Å². The molecule has 0 amide bonds. The molecule has 0 aliphatic rings. The molecule has 0 aromatic heterocycles. The van der Waals surface area contributed by atoms with Gasteiger partial charge in [0.1, 0.15) is 6.61 Å². The summed E-state index contributed by atoms with van der Waals surface area (Å²) in [6.45, 7) is 2.70. The molecular weight excluding hydrogens is 326 g/mol. The number of methoxy groups -OCH3 is 2. The molecule has 5 nitrogen and oxygen atoms in total. The van der Waals surface area contributed by atoms with Crippen molar-refractivity contribution in [1.82, 2.24) is 0 Å². The van der Waals surface area contributed by atoms with Gasteiger partial charge in [0.05, 0.1) is 31.4 Å². The Kier molecular flexibility index (Phi) is 8.60. The van der Waals surface area contributed by atoms with Gasteiger partial charge in [-0.3, -0.25) is 0 Å². The van der Waals surface area contributed by atoms with Crippen LogP contribution in [-0.2, 0) is 15.9 Å². The molecule has 20 heavy (non-hydrogen) atoms. The molecule has 0 fully saturated rings. The lowest BCUT2D eigenvalue weighted by Gasteiger charge is -2.14. The van der Waals surface area contributed by atoms with E-state index in [-0.39, 0.29) is 0 Å². The lowest BCUT2D eigenvalue weighted by Crippen LogP contribution is -2.11. The summed E-state index contributed by atoms with van der Waals surface area (Å²) >= 11 is 3.50. The fraction of sp³-hybridized carbons (Fsp3) is 0.571. The van der Waals surface area contributed by atoms with Crippen LogP contribution in [0, 0.1) is 0 Å². The molecule has 0 bridgehead atoms. The molecule has 0 spiro atoms. The van der Waals surface area contributed by atoms with E-state index in [9.17, 15) is 0 Å². The van der Waals surface area contributed by atoms with Crippen LogP contribution < -0.4 is 15.2 Å². The summed E-state index contributed by atoms with van der Waals surface area (Å²) in [5.41, 5.74) is 6.68. The summed E-state index contributed by atoms with van der Waals surface area (Å²) in [5.74, 6) is 1.38. The maximum Gasteiger partial charge on any atom is 0.175 e. The molecule has 0 saturated heterocycles. The predicted molar refractivity (Wildman–Crippen MR) is 81.6 cm³/mol. The highest BCUT2D eigenvalue weighted by Gasteiger charge is 2.11. The Bertz CT molecular complexity index is 401. The van der Waals surface area contributed by atoms with E-state index in [4.69, 9.17) is 24.7 Å². The Hall–Kier alpha value is -0.820. The molecule has 0 heterocycles. The van der Waals surface area contributed by atoms with Crippen LogP contribution >= 0.6 is 15.9 Å². The Labute approximate surface area is 128 Å². The van der Waals surface area contributed by atoms with Gasteiger partial charge in [0, 0.05) is 7.11 Å². The summed E-state index contributed by atoms with van der Waals surface area (Å²) in [7, 11) is 3.26. The number of ether oxygens (including phenoxy) is 4. The minimum Gasteiger partial charge on any atom is -0.493 e. The van der Waals surface area contributed by atoms with Gasteiger partial charge >= 0.3 is 0 Å². The average molecular weight is 348 g/mol. The van der Waals surface area contributed by atoms with Gasteiger partial charge in [-0.25, -0.2) is 0 Å². The number of hydrogen-bond acceptors (Lipinski definition) is 5. The van der Waals surface area contributed by atoms with Gasteiger partial charge in [0.25, 0.3) is 0 Å². The van der Waals surface area contributed by atoms with Crippen molar-refractivity contribution in [2.24, 2.45) is 5.73 Å². The Morgan fingerprint density at radius 2 is 1.85 bits per heavy atom. The number of nitrogens with two attached hydrogens (primary N) is 1. The van der Waals surface area contributed by atoms with Crippen LogP contribution in [-0.4, -0.2) is 47.2 Å². The summed E-state index contributed by atoms with van der Waals surface area (Å²) < 4.78 is 22.2. The van der Waals surface area contributed by atoms with Gasteiger partial charge in [-0.05, 0) is 46.6 Å². The number of hydrogen-bond donors (Lipinski definition) is 1. The third-order valence-electron chi connectivity index (χ3n) is 2.63.